The highest BCUT2D eigenvalue weighted by Gasteiger charge is 2.22. The maximum atomic E-state index is 12.0. The molecule has 0 radical (unpaired) electrons. The first-order chi connectivity index (χ1) is 10.0. The predicted molar refractivity (Wildman–Crippen MR) is 80.4 cm³/mol. The molecule has 0 saturated carbocycles. The van der Waals surface area contributed by atoms with Crippen molar-refractivity contribution >= 4 is 29.2 Å². The molecule has 0 bridgehead atoms. The number of esters is 1. The third-order valence-corrected chi connectivity index (χ3v) is 3.30. The smallest absolute Gasteiger partial charge is 0.341 e. The summed E-state index contributed by atoms with van der Waals surface area (Å²) in [6, 6.07) is 7.97. The number of aliphatic hydroxyl groups is 1. The van der Waals surface area contributed by atoms with Crippen LogP contribution in [0.4, 0.5) is 0 Å². The summed E-state index contributed by atoms with van der Waals surface area (Å²) in [6.07, 6.45) is 1.78. The highest BCUT2D eigenvalue weighted by Crippen LogP contribution is 2.33. The average molecular weight is 324 g/mol. The topological polar surface area (TPSA) is 59.4 Å². The molecule has 1 heterocycles. The molecule has 108 valence electrons. The van der Waals surface area contributed by atoms with E-state index in [9.17, 15) is 9.90 Å². The lowest BCUT2D eigenvalue weighted by atomic mass is 10.1. The minimum absolute atomic E-state index is 0.0328. The molecule has 1 unspecified atom stereocenters. The van der Waals surface area contributed by atoms with Crippen LogP contribution >= 0.6 is 23.2 Å². The number of hydrogen-bond acceptors (Lipinski definition) is 4. The molecule has 1 atom stereocenters. The van der Waals surface area contributed by atoms with Crippen LogP contribution in [0, 0.1) is 0 Å². The minimum atomic E-state index is -1.22. The van der Waals surface area contributed by atoms with Gasteiger partial charge < -0.3 is 9.84 Å². The van der Waals surface area contributed by atoms with Gasteiger partial charge in [-0.15, -0.1) is 0 Å². The van der Waals surface area contributed by atoms with Gasteiger partial charge in [-0.05, 0) is 18.2 Å². The van der Waals surface area contributed by atoms with E-state index in [-0.39, 0.29) is 21.4 Å². The Kier molecular flexibility index (Phi) is 4.96. The standard InChI is InChI=1S/C15H11Cl2NO3/c1-9(13(19)10-4-3-7-18-8-10)15(20)21-14-11(16)5-2-6-12(14)17/h2-8,13,19H,1H2. The number of carbonyl (C=O) groups excluding carboxylic acids is 1. The molecule has 0 saturated heterocycles. The molecular weight excluding hydrogens is 313 g/mol. The quantitative estimate of drug-likeness (QED) is 0.530. The van der Waals surface area contributed by atoms with Crippen molar-refractivity contribution in [2.45, 2.75) is 6.10 Å². The maximum absolute atomic E-state index is 12.0. The van der Waals surface area contributed by atoms with E-state index in [0.717, 1.165) is 0 Å². The Morgan fingerprint density at radius 3 is 2.48 bits per heavy atom. The summed E-state index contributed by atoms with van der Waals surface area (Å²) in [5, 5.41) is 10.5. The fourth-order valence-corrected chi connectivity index (χ4v) is 2.06. The second kappa shape index (κ2) is 6.72. The highest BCUT2D eigenvalue weighted by atomic mass is 35.5. The number of ether oxygens (including phenoxy) is 1. The van der Waals surface area contributed by atoms with Gasteiger partial charge in [-0.2, -0.15) is 0 Å². The Bertz CT molecular complexity index is 654. The largest absolute Gasteiger partial charge is 0.420 e. The summed E-state index contributed by atoms with van der Waals surface area (Å²) in [5.74, 6) is -0.785. The Labute approximate surface area is 131 Å². The Balaban J connectivity index is 2.15. The average Bonchev–Trinajstić information content (AvgIpc) is 2.50. The van der Waals surface area contributed by atoms with Crippen LogP contribution in [0.2, 0.25) is 10.0 Å². The number of hydrogen-bond donors (Lipinski definition) is 1. The molecule has 0 aliphatic rings. The molecular formula is C15H11Cl2NO3. The zero-order valence-electron chi connectivity index (χ0n) is 10.8. The molecule has 0 amide bonds. The van der Waals surface area contributed by atoms with Gasteiger partial charge >= 0.3 is 5.97 Å². The molecule has 6 heteroatoms. The predicted octanol–water partition coefficient (Wildman–Crippen LogP) is 3.58. The Morgan fingerprint density at radius 2 is 1.90 bits per heavy atom. The second-order valence-corrected chi connectivity index (χ2v) is 4.97. The number of halogens is 2. The fraction of sp³-hybridized carbons (Fsp3) is 0.0667. The molecule has 0 aliphatic heterocycles. The van der Waals surface area contributed by atoms with Crippen LogP contribution in [-0.2, 0) is 4.79 Å². The van der Waals surface area contributed by atoms with E-state index in [1.165, 1.54) is 18.3 Å². The number of nitrogens with zero attached hydrogens (tertiary/aromatic N) is 1. The molecule has 4 nitrogen and oxygen atoms in total. The van der Waals surface area contributed by atoms with Gasteiger partial charge in [0.1, 0.15) is 6.10 Å². The molecule has 1 aromatic carbocycles. The summed E-state index contributed by atoms with van der Waals surface area (Å²) in [5.41, 5.74) is 0.295. The van der Waals surface area contributed by atoms with Crippen molar-refractivity contribution in [3.05, 3.63) is 70.5 Å². The first-order valence-electron chi connectivity index (χ1n) is 5.93. The van der Waals surface area contributed by atoms with E-state index >= 15 is 0 Å². The number of pyridine rings is 1. The summed E-state index contributed by atoms with van der Waals surface area (Å²) in [4.78, 5) is 15.9. The molecule has 1 N–H and O–H groups in total. The fourth-order valence-electron chi connectivity index (χ4n) is 1.59. The van der Waals surface area contributed by atoms with Gasteiger partial charge in [0.25, 0.3) is 0 Å². The lowest BCUT2D eigenvalue weighted by Gasteiger charge is -2.14. The van der Waals surface area contributed by atoms with Crippen molar-refractivity contribution in [1.82, 2.24) is 4.98 Å². The Hall–Kier alpha value is -1.88. The number of benzene rings is 1. The zero-order valence-corrected chi connectivity index (χ0v) is 12.3. The minimum Gasteiger partial charge on any atom is -0.420 e. The van der Waals surface area contributed by atoms with E-state index in [0.29, 0.717) is 5.56 Å². The van der Waals surface area contributed by atoms with E-state index in [4.69, 9.17) is 27.9 Å². The normalized spacial score (nSPS) is 11.8. The van der Waals surface area contributed by atoms with Crippen LogP contribution in [0.15, 0.2) is 54.9 Å². The monoisotopic (exact) mass is 323 g/mol. The van der Waals surface area contributed by atoms with E-state index in [1.807, 2.05) is 0 Å². The Morgan fingerprint density at radius 1 is 1.24 bits per heavy atom. The van der Waals surface area contributed by atoms with Gasteiger partial charge in [-0.1, -0.05) is 41.9 Å². The summed E-state index contributed by atoms with van der Waals surface area (Å²) in [7, 11) is 0. The number of rotatable bonds is 4. The molecule has 2 rings (SSSR count). The van der Waals surface area contributed by atoms with E-state index in [2.05, 4.69) is 11.6 Å². The summed E-state index contributed by atoms with van der Waals surface area (Å²) < 4.78 is 5.10. The van der Waals surface area contributed by atoms with Crippen LogP contribution in [0.5, 0.6) is 5.75 Å². The molecule has 0 fully saturated rings. The van der Waals surface area contributed by atoms with Gasteiger partial charge in [0.15, 0.2) is 5.75 Å². The number of aliphatic hydroxyl groups excluding tert-OH is 1. The maximum Gasteiger partial charge on any atom is 0.341 e. The SMILES string of the molecule is C=C(C(=O)Oc1c(Cl)cccc1Cl)C(O)c1cccnc1. The van der Waals surface area contributed by atoms with Crippen LogP contribution in [-0.4, -0.2) is 16.1 Å². The molecule has 1 aromatic heterocycles. The van der Waals surface area contributed by atoms with Gasteiger partial charge in [-0.25, -0.2) is 4.79 Å². The van der Waals surface area contributed by atoms with Crippen molar-refractivity contribution in [1.29, 1.82) is 0 Å². The molecule has 2 aromatic rings. The van der Waals surface area contributed by atoms with Crippen molar-refractivity contribution in [2.24, 2.45) is 0 Å². The van der Waals surface area contributed by atoms with Crippen LogP contribution in [0.1, 0.15) is 11.7 Å². The van der Waals surface area contributed by atoms with Gasteiger partial charge in [0.05, 0.1) is 15.6 Å². The van der Waals surface area contributed by atoms with Crippen molar-refractivity contribution in [2.75, 3.05) is 0 Å². The highest BCUT2D eigenvalue weighted by molar-refractivity contribution is 6.37. The van der Waals surface area contributed by atoms with Gasteiger partial charge in [0, 0.05) is 18.0 Å². The first kappa shape index (κ1) is 15.5. The number of aromatic nitrogens is 1. The van der Waals surface area contributed by atoms with Crippen LogP contribution < -0.4 is 4.74 Å². The van der Waals surface area contributed by atoms with E-state index in [1.54, 1.807) is 24.4 Å². The molecule has 21 heavy (non-hydrogen) atoms. The zero-order chi connectivity index (χ0) is 15.4. The lowest BCUT2D eigenvalue weighted by molar-refractivity contribution is -0.131. The summed E-state index contributed by atoms with van der Waals surface area (Å²) in [6.45, 7) is 3.55. The van der Waals surface area contributed by atoms with Crippen LogP contribution in [0.3, 0.4) is 0 Å². The number of carbonyl (C=O) groups is 1. The van der Waals surface area contributed by atoms with E-state index < -0.39 is 12.1 Å². The molecule has 0 aliphatic carbocycles. The van der Waals surface area contributed by atoms with Crippen LogP contribution in [0.25, 0.3) is 0 Å². The summed E-state index contributed by atoms with van der Waals surface area (Å²) >= 11 is 11.8. The first-order valence-corrected chi connectivity index (χ1v) is 6.69. The molecule has 0 spiro atoms. The van der Waals surface area contributed by atoms with Crippen molar-refractivity contribution in [3.63, 3.8) is 0 Å². The third kappa shape index (κ3) is 3.61. The lowest BCUT2D eigenvalue weighted by Crippen LogP contribution is -2.16. The van der Waals surface area contributed by atoms with Crippen molar-refractivity contribution < 1.29 is 14.6 Å². The number of para-hydroxylation sites is 1. The third-order valence-electron chi connectivity index (χ3n) is 2.71. The second-order valence-electron chi connectivity index (χ2n) is 4.15. The van der Waals surface area contributed by atoms with Crippen molar-refractivity contribution in [3.8, 4) is 5.75 Å². The van der Waals surface area contributed by atoms with Gasteiger partial charge in [0.2, 0.25) is 0 Å². The van der Waals surface area contributed by atoms with Gasteiger partial charge in [-0.3, -0.25) is 4.98 Å².